The molecular weight excluding hydrogens is 383 g/mol. The Bertz CT molecular complexity index is 836. The fraction of sp³-hybridized carbons (Fsp3) is 0.500. The average molecular weight is 410 g/mol. The summed E-state index contributed by atoms with van der Waals surface area (Å²) in [6, 6.07) is 3.90. The van der Waals surface area contributed by atoms with E-state index in [0.29, 0.717) is 43.2 Å². The molecule has 0 heterocycles. The van der Waals surface area contributed by atoms with Crippen LogP contribution in [0.3, 0.4) is 0 Å². The Morgan fingerprint density at radius 3 is 2.24 bits per heavy atom. The van der Waals surface area contributed by atoms with Crippen molar-refractivity contribution in [2.75, 3.05) is 0 Å². The summed E-state index contributed by atoms with van der Waals surface area (Å²) in [6.45, 7) is 2.12. The van der Waals surface area contributed by atoms with Crippen LogP contribution in [0.2, 0.25) is 0 Å². The Labute approximate surface area is 169 Å². The SMILES string of the molecule is CCCCCCc1cc(F)c(CCC2CCc3c(cc(F)c(F)c3F)C2)c(F)c1. The monoisotopic (exact) mass is 410 g/mol. The Balaban J connectivity index is 1.62. The van der Waals surface area contributed by atoms with Crippen LogP contribution in [0.15, 0.2) is 18.2 Å². The lowest BCUT2D eigenvalue weighted by Gasteiger charge is -2.25. The quantitative estimate of drug-likeness (QED) is 0.244. The van der Waals surface area contributed by atoms with Gasteiger partial charge in [0.05, 0.1) is 0 Å². The summed E-state index contributed by atoms with van der Waals surface area (Å²) in [5.74, 6) is -4.71. The number of rotatable bonds is 8. The molecule has 0 radical (unpaired) electrons. The van der Waals surface area contributed by atoms with Crippen molar-refractivity contribution in [1.82, 2.24) is 0 Å². The topological polar surface area (TPSA) is 0 Å². The van der Waals surface area contributed by atoms with E-state index in [1.165, 1.54) is 12.1 Å². The normalized spacial score (nSPS) is 16.1. The fourth-order valence-electron chi connectivity index (χ4n) is 4.29. The smallest absolute Gasteiger partial charge is 0.194 e. The molecule has 0 amide bonds. The molecule has 0 fully saturated rings. The summed E-state index contributed by atoms with van der Waals surface area (Å²) >= 11 is 0. The zero-order valence-electron chi connectivity index (χ0n) is 16.8. The third-order valence-electron chi connectivity index (χ3n) is 5.99. The van der Waals surface area contributed by atoms with Gasteiger partial charge in [-0.2, -0.15) is 0 Å². The number of hydrogen-bond donors (Lipinski definition) is 0. The summed E-state index contributed by atoms with van der Waals surface area (Å²) in [4.78, 5) is 0. The number of fused-ring (bicyclic) bond motifs is 1. The van der Waals surface area contributed by atoms with Gasteiger partial charge < -0.3 is 0 Å². The van der Waals surface area contributed by atoms with Crippen molar-refractivity contribution >= 4 is 0 Å². The van der Waals surface area contributed by atoms with E-state index in [-0.39, 0.29) is 23.5 Å². The molecule has 1 unspecified atom stereocenters. The van der Waals surface area contributed by atoms with E-state index in [0.717, 1.165) is 31.7 Å². The molecule has 0 spiro atoms. The van der Waals surface area contributed by atoms with E-state index in [4.69, 9.17) is 0 Å². The maximum atomic E-state index is 14.4. The van der Waals surface area contributed by atoms with Crippen LogP contribution in [0.4, 0.5) is 22.0 Å². The Morgan fingerprint density at radius 2 is 1.55 bits per heavy atom. The first-order chi connectivity index (χ1) is 13.9. The van der Waals surface area contributed by atoms with Gasteiger partial charge in [-0.15, -0.1) is 0 Å². The first-order valence-electron chi connectivity index (χ1n) is 10.5. The lowest BCUT2D eigenvalue weighted by molar-refractivity contribution is 0.390. The van der Waals surface area contributed by atoms with Gasteiger partial charge in [-0.05, 0) is 85.8 Å². The lowest BCUT2D eigenvalue weighted by atomic mass is 9.80. The van der Waals surface area contributed by atoms with Crippen molar-refractivity contribution in [2.24, 2.45) is 5.92 Å². The van der Waals surface area contributed by atoms with Gasteiger partial charge in [0.1, 0.15) is 11.6 Å². The molecule has 2 aromatic carbocycles. The number of hydrogen-bond acceptors (Lipinski definition) is 0. The van der Waals surface area contributed by atoms with E-state index in [1.54, 1.807) is 0 Å². The molecule has 29 heavy (non-hydrogen) atoms. The first kappa shape index (κ1) is 21.8. The first-order valence-corrected chi connectivity index (χ1v) is 10.5. The van der Waals surface area contributed by atoms with Gasteiger partial charge >= 0.3 is 0 Å². The molecule has 0 N–H and O–H groups in total. The number of aryl methyl sites for hydroxylation is 1. The van der Waals surface area contributed by atoms with E-state index >= 15 is 0 Å². The summed E-state index contributed by atoms with van der Waals surface area (Å²) in [6.07, 6.45) is 6.91. The van der Waals surface area contributed by atoms with E-state index in [2.05, 4.69) is 6.92 Å². The van der Waals surface area contributed by atoms with Crippen LogP contribution in [0, 0.1) is 35.0 Å². The molecular formula is C24H27F5. The minimum Gasteiger partial charge on any atom is -0.207 e. The number of halogens is 5. The van der Waals surface area contributed by atoms with Crippen LogP contribution in [0.5, 0.6) is 0 Å². The Hall–Kier alpha value is -1.91. The van der Waals surface area contributed by atoms with Gasteiger partial charge in [-0.25, -0.2) is 22.0 Å². The molecule has 0 aliphatic heterocycles. The minimum absolute atomic E-state index is 0.0549. The summed E-state index contributed by atoms with van der Waals surface area (Å²) in [5, 5.41) is 0. The highest BCUT2D eigenvalue weighted by Crippen LogP contribution is 2.32. The molecule has 1 aliphatic carbocycles. The third-order valence-corrected chi connectivity index (χ3v) is 5.99. The highest BCUT2D eigenvalue weighted by atomic mass is 19.2. The molecule has 2 aromatic rings. The second-order valence-electron chi connectivity index (χ2n) is 8.12. The fourth-order valence-corrected chi connectivity index (χ4v) is 4.29. The van der Waals surface area contributed by atoms with Crippen molar-refractivity contribution in [2.45, 2.75) is 71.1 Å². The van der Waals surface area contributed by atoms with Crippen molar-refractivity contribution in [3.05, 3.63) is 69.5 Å². The maximum Gasteiger partial charge on any atom is 0.194 e. The molecule has 0 saturated carbocycles. The van der Waals surface area contributed by atoms with E-state index in [1.807, 2.05) is 0 Å². The highest BCUT2D eigenvalue weighted by Gasteiger charge is 2.26. The van der Waals surface area contributed by atoms with E-state index in [9.17, 15) is 22.0 Å². The number of unbranched alkanes of at least 4 members (excludes halogenated alkanes) is 3. The van der Waals surface area contributed by atoms with Gasteiger partial charge in [0.25, 0.3) is 0 Å². The molecule has 0 bridgehead atoms. The molecule has 0 nitrogen and oxygen atoms in total. The standard InChI is InChI=1S/C24H27F5/c1-2-3-4-5-6-16-12-20(25)19(21(26)13-16)10-8-15-7-9-18-17(11-15)14-22(27)24(29)23(18)28/h12-15H,2-11H2,1H3. The minimum atomic E-state index is -1.43. The maximum absolute atomic E-state index is 14.4. The van der Waals surface area contributed by atoms with Gasteiger partial charge in [0.15, 0.2) is 17.5 Å². The van der Waals surface area contributed by atoms with Crippen LogP contribution >= 0.6 is 0 Å². The van der Waals surface area contributed by atoms with E-state index < -0.39 is 29.1 Å². The van der Waals surface area contributed by atoms with Crippen molar-refractivity contribution in [1.29, 1.82) is 0 Å². The molecule has 0 saturated heterocycles. The summed E-state index contributed by atoms with van der Waals surface area (Å²) in [7, 11) is 0. The van der Waals surface area contributed by atoms with Gasteiger partial charge in [-0.3, -0.25) is 0 Å². The van der Waals surface area contributed by atoms with Gasteiger partial charge in [0.2, 0.25) is 0 Å². The van der Waals surface area contributed by atoms with Gasteiger partial charge in [-0.1, -0.05) is 26.2 Å². The molecule has 0 aromatic heterocycles. The van der Waals surface area contributed by atoms with Crippen molar-refractivity contribution < 1.29 is 22.0 Å². The largest absolute Gasteiger partial charge is 0.207 e. The highest BCUT2D eigenvalue weighted by molar-refractivity contribution is 5.33. The van der Waals surface area contributed by atoms with Crippen LogP contribution in [-0.4, -0.2) is 0 Å². The second kappa shape index (κ2) is 9.73. The molecule has 1 aliphatic rings. The van der Waals surface area contributed by atoms with Crippen LogP contribution in [0.25, 0.3) is 0 Å². The van der Waals surface area contributed by atoms with Crippen LogP contribution in [0.1, 0.15) is 67.7 Å². The van der Waals surface area contributed by atoms with Gasteiger partial charge in [0, 0.05) is 5.56 Å². The molecule has 1 atom stereocenters. The average Bonchev–Trinajstić information content (AvgIpc) is 2.69. The van der Waals surface area contributed by atoms with Crippen LogP contribution in [-0.2, 0) is 25.7 Å². The predicted octanol–water partition coefficient (Wildman–Crippen LogP) is 7.24. The van der Waals surface area contributed by atoms with Crippen molar-refractivity contribution in [3.8, 4) is 0 Å². The zero-order chi connectivity index (χ0) is 21.0. The zero-order valence-corrected chi connectivity index (χ0v) is 16.8. The Kier molecular flexibility index (Phi) is 7.31. The summed E-state index contributed by atoms with van der Waals surface area (Å²) in [5.41, 5.74) is 1.44. The number of benzene rings is 2. The second-order valence-corrected chi connectivity index (χ2v) is 8.12. The van der Waals surface area contributed by atoms with Crippen molar-refractivity contribution in [3.63, 3.8) is 0 Å². The summed E-state index contributed by atoms with van der Waals surface area (Å²) < 4.78 is 69.7. The third kappa shape index (κ3) is 5.18. The Morgan fingerprint density at radius 1 is 0.828 bits per heavy atom. The molecule has 5 heteroatoms. The predicted molar refractivity (Wildman–Crippen MR) is 104 cm³/mol. The molecule has 158 valence electrons. The molecule has 3 rings (SSSR count). The lowest BCUT2D eigenvalue weighted by Crippen LogP contribution is -2.18. The van der Waals surface area contributed by atoms with Crippen LogP contribution < -0.4 is 0 Å².